The maximum atomic E-state index is 11.3. The lowest BCUT2D eigenvalue weighted by molar-refractivity contribution is 0.841. The molecule has 0 aliphatic carbocycles. The second-order valence-electron chi connectivity index (χ2n) is 4.01. The summed E-state index contributed by atoms with van der Waals surface area (Å²) in [5.74, 6) is 0. The summed E-state index contributed by atoms with van der Waals surface area (Å²) in [6.45, 7) is 2.00. The molecule has 0 aliphatic heterocycles. The quantitative estimate of drug-likeness (QED) is 0.932. The second-order valence-corrected chi connectivity index (χ2v) is 6.30. The first-order chi connectivity index (χ1) is 8.47. The minimum Gasteiger partial charge on any atom is -0.377 e. The molecule has 18 heavy (non-hydrogen) atoms. The van der Waals surface area contributed by atoms with Crippen LogP contribution in [0.2, 0.25) is 8.67 Å². The number of pyridine rings is 1. The maximum absolute atomic E-state index is 11.3. The minimum absolute atomic E-state index is 0.0266. The third kappa shape index (κ3) is 2.88. The highest BCUT2D eigenvalue weighted by Gasteiger charge is 2.13. The number of nitrogens with zero attached hydrogens (tertiary/aromatic N) is 1. The molecular weight excluding hydrogens is 291 g/mol. The van der Waals surface area contributed by atoms with Crippen LogP contribution in [0, 0.1) is 0 Å². The summed E-state index contributed by atoms with van der Waals surface area (Å²) in [6.07, 6.45) is 1.75. The van der Waals surface area contributed by atoms with E-state index in [-0.39, 0.29) is 11.6 Å². The Hall–Kier alpha value is -0.970. The molecule has 0 aliphatic rings. The zero-order valence-electron chi connectivity index (χ0n) is 9.91. The molecule has 2 rings (SSSR count). The highest BCUT2D eigenvalue weighted by molar-refractivity contribution is 7.20. The van der Waals surface area contributed by atoms with Gasteiger partial charge in [0, 0.05) is 24.9 Å². The molecule has 96 valence electrons. The Morgan fingerprint density at radius 3 is 2.67 bits per heavy atom. The van der Waals surface area contributed by atoms with Crippen molar-refractivity contribution < 1.29 is 0 Å². The molecule has 0 aromatic carbocycles. The van der Waals surface area contributed by atoms with Crippen LogP contribution in [0.3, 0.4) is 0 Å². The van der Waals surface area contributed by atoms with Gasteiger partial charge in [0.1, 0.15) is 0 Å². The van der Waals surface area contributed by atoms with E-state index >= 15 is 0 Å². The summed E-state index contributed by atoms with van der Waals surface area (Å²) >= 11 is 13.4. The SMILES string of the molecule is CC(Nc1ccc(=O)n(C)c1)c1cc(Cl)sc1Cl. The Bertz CT molecular complexity index is 621. The van der Waals surface area contributed by atoms with Crippen molar-refractivity contribution in [2.45, 2.75) is 13.0 Å². The average Bonchev–Trinajstić information content (AvgIpc) is 2.63. The van der Waals surface area contributed by atoms with Crippen LogP contribution in [-0.4, -0.2) is 4.57 Å². The van der Waals surface area contributed by atoms with Gasteiger partial charge in [-0.15, -0.1) is 11.3 Å². The van der Waals surface area contributed by atoms with Crippen LogP contribution in [0.4, 0.5) is 5.69 Å². The lowest BCUT2D eigenvalue weighted by atomic mass is 10.2. The van der Waals surface area contributed by atoms with E-state index in [2.05, 4.69) is 5.32 Å². The van der Waals surface area contributed by atoms with Gasteiger partial charge < -0.3 is 9.88 Å². The van der Waals surface area contributed by atoms with Crippen LogP contribution in [0.5, 0.6) is 0 Å². The molecule has 0 spiro atoms. The van der Waals surface area contributed by atoms with Crippen molar-refractivity contribution in [3.63, 3.8) is 0 Å². The van der Waals surface area contributed by atoms with E-state index in [1.54, 1.807) is 19.3 Å². The molecule has 0 saturated heterocycles. The number of anilines is 1. The monoisotopic (exact) mass is 302 g/mol. The highest BCUT2D eigenvalue weighted by atomic mass is 35.5. The summed E-state index contributed by atoms with van der Waals surface area (Å²) in [7, 11) is 1.71. The molecule has 1 atom stereocenters. The van der Waals surface area contributed by atoms with Gasteiger partial charge >= 0.3 is 0 Å². The number of halogens is 2. The van der Waals surface area contributed by atoms with Gasteiger partial charge in [-0.3, -0.25) is 4.79 Å². The number of thiophene rings is 1. The fourth-order valence-corrected chi connectivity index (χ4v) is 3.30. The first kappa shape index (κ1) is 13.5. The molecule has 1 N–H and O–H groups in total. The lowest BCUT2D eigenvalue weighted by Crippen LogP contribution is -2.16. The molecular formula is C12H12Cl2N2OS. The minimum atomic E-state index is -0.0372. The van der Waals surface area contributed by atoms with Crippen LogP contribution >= 0.6 is 34.5 Å². The molecule has 1 unspecified atom stereocenters. The Morgan fingerprint density at radius 2 is 2.11 bits per heavy atom. The summed E-state index contributed by atoms with van der Waals surface area (Å²) in [5.41, 5.74) is 1.79. The molecule has 2 aromatic rings. The number of rotatable bonds is 3. The van der Waals surface area contributed by atoms with E-state index in [0.717, 1.165) is 11.3 Å². The summed E-state index contributed by atoms with van der Waals surface area (Å²) in [4.78, 5) is 11.3. The van der Waals surface area contributed by atoms with E-state index in [9.17, 15) is 4.79 Å². The zero-order valence-corrected chi connectivity index (χ0v) is 12.2. The number of aryl methyl sites for hydroxylation is 1. The topological polar surface area (TPSA) is 34.0 Å². The standard InChI is InChI=1S/C12H12Cl2N2OS/c1-7(9-5-10(13)18-12(9)14)15-8-3-4-11(17)16(2)6-8/h3-7,15H,1-2H3. The molecule has 2 aromatic heterocycles. The van der Waals surface area contributed by atoms with Crippen molar-refractivity contribution in [2.24, 2.45) is 7.05 Å². The molecule has 6 heteroatoms. The lowest BCUT2D eigenvalue weighted by Gasteiger charge is -2.15. The smallest absolute Gasteiger partial charge is 0.250 e. The largest absolute Gasteiger partial charge is 0.377 e. The van der Waals surface area contributed by atoms with E-state index in [1.807, 2.05) is 13.0 Å². The second kappa shape index (κ2) is 5.34. The summed E-state index contributed by atoms with van der Waals surface area (Å²) < 4.78 is 2.88. The number of hydrogen-bond donors (Lipinski definition) is 1. The Balaban J connectivity index is 2.21. The van der Waals surface area contributed by atoms with Crippen LogP contribution < -0.4 is 10.9 Å². The van der Waals surface area contributed by atoms with E-state index < -0.39 is 0 Å². The normalized spacial score (nSPS) is 12.4. The Kier molecular flexibility index (Phi) is 4.00. The predicted molar refractivity (Wildman–Crippen MR) is 78.1 cm³/mol. The van der Waals surface area contributed by atoms with Crippen molar-refractivity contribution in [3.8, 4) is 0 Å². The van der Waals surface area contributed by atoms with Gasteiger partial charge in [-0.25, -0.2) is 0 Å². The molecule has 3 nitrogen and oxygen atoms in total. The molecule has 2 heterocycles. The molecule has 0 saturated carbocycles. The van der Waals surface area contributed by atoms with Crippen molar-refractivity contribution in [3.05, 3.63) is 49.0 Å². The van der Waals surface area contributed by atoms with Gasteiger partial charge in [-0.1, -0.05) is 23.2 Å². The van der Waals surface area contributed by atoms with Gasteiger partial charge in [-0.05, 0) is 19.1 Å². The van der Waals surface area contributed by atoms with Gasteiger partial charge in [0.25, 0.3) is 0 Å². The van der Waals surface area contributed by atoms with Crippen molar-refractivity contribution in [1.29, 1.82) is 0 Å². The molecule has 0 amide bonds. The third-order valence-electron chi connectivity index (χ3n) is 2.62. The van der Waals surface area contributed by atoms with E-state index in [1.165, 1.54) is 22.0 Å². The van der Waals surface area contributed by atoms with Crippen LogP contribution in [0.15, 0.2) is 29.2 Å². The first-order valence-electron chi connectivity index (χ1n) is 5.35. The maximum Gasteiger partial charge on any atom is 0.250 e. The van der Waals surface area contributed by atoms with Crippen LogP contribution in [0.1, 0.15) is 18.5 Å². The van der Waals surface area contributed by atoms with E-state index in [0.29, 0.717) is 8.67 Å². The predicted octanol–water partition coefficient (Wildman–Crippen LogP) is 3.93. The van der Waals surface area contributed by atoms with Gasteiger partial charge in [-0.2, -0.15) is 0 Å². The third-order valence-corrected chi connectivity index (χ3v) is 4.14. The number of aromatic nitrogens is 1. The Labute approximate surface area is 119 Å². The molecule has 0 fully saturated rings. The van der Waals surface area contributed by atoms with Crippen molar-refractivity contribution in [2.75, 3.05) is 5.32 Å². The van der Waals surface area contributed by atoms with Gasteiger partial charge in [0.05, 0.1) is 20.4 Å². The van der Waals surface area contributed by atoms with Crippen LogP contribution in [-0.2, 0) is 7.05 Å². The molecule has 0 radical (unpaired) electrons. The zero-order chi connectivity index (χ0) is 13.3. The van der Waals surface area contributed by atoms with Crippen molar-refractivity contribution >= 4 is 40.2 Å². The Morgan fingerprint density at radius 1 is 1.39 bits per heavy atom. The summed E-state index contributed by atoms with van der Waals surface area (Å²) in [5, 5.41) is 3.28. The van der Waals surface area contributed by atoms with Crippen LogP contribution in [0.25, 0.3) is 0 Å². The highest BCUT2D eigenvalue weighted by Crippen LogP contribution is 2.35. The van der Waals surface area contributed by atoms with Gasteiger partial charge in [0.2, 0.25) is 5.56 Å². The van der Waals surface area contributed by atoms with Gasteiger partial charge in [0.15, 0.2) is 0 Å². The summed E-state index contributed by atoms with van der Waals surface area (Å²) in [6, 6.07) is 5.16. The van der Waals surface area contributed by atoms with Crippen molar-refractivity contribution in [1.82, 2.24) is 4.57 Å². The van der Waals surface area contributed by atoms with E-state index in [4.69, 9.17) is 23.2 Å². The first-order valence-corrected chi connectivity index (χ1v) is 6.92. The number of hydrogen-bond acceptors (Lipinski definition) is 3. The fourth-order valence-electron chi connectivity index (χ4n) is 1.66. The number of nitrogens with one attached hydrogen (secondary N) is 1. The average molecular weight is 303 g/mol. The molecule has 0 bridgehead atoms. The fraction of sp³-hybridized carbons (Fsp3) is 0.250.